The van der Waals surface area contributed by atoms with Crippen molar-refractivity contribution in [2.24, 2.45) is 0 Å². The van der Waals surface area contributed by atoms with Gasteiger partial charge in [-0.1, -0.05) is 53.2 Å². The molecule has 0 aliphatic carbocycles. The third-order valence-corrected chi connectivity index (χ3v) is 6.07. The second-order valence-corrected chi connectivity index (χ2v) is 8.60. The molecule has 0 N–H and O–H groups in total. The van der Waals surface area contributed by atoms with Crippen LogP contribution in [0.1, 0.15) is 24.5 Å². The van der Waals surface area contributed by atoms with Gasteiger partial charge in [-0.25, -0.2) is 0 Å². The van der Waals surface area contributed by atoms with E-state index in [1.807, 2.05) is 42.5 Å². The molecule has 2 aromatic carbocycles. The highest BCUT2D eigenvalue weighted by molar-refractivity contribution is 9.10. The first-order valence-corrected chi connectivity index (χ1v) is 10.8. The summed E-state index contributed by atoms with van der Waals surface area (Å²) in [6, 6.07) is 15.8. The van der Waals surface area contributed by atoms with Crippen molar-refractivity contribution in [1.82, 2.24) is 9.47 Å². The van der Waals surface area contributed by atoms with Crippen molar-refractivity contribution in [3.8, 4) is 0 Å². The first-order chi connectivity index (χ1) is 13.6. The minimum absolute atomic E-state index is 0.228. The second-order valence-electron chi connectivity index (χ2n) is 6.69. The maximum atomic E-state index is 12.9. The van der Waals surface area contributed by atoms with E-state index >= 15 is 0 Å². The summed E-state index contributed by atoms with van der Waals surface area (Å²) in [6.07, 6.45) is 4.94. The van der Waals surface area contributed by atoms with Crippen molar-refractivity contribution in [3.05, 3.63) is 75.2 Å². The Labute approximate surface area is 176 Å². The van der Waals surface area contributed by atoms with Crippen LogP contribution in [0.4, 0.5) is 4.79 Å². The average molecular weight is 455 g/mol. The second kappa shape index (κ2) is 7.97. The zero-order valence-electron chi connectivity index (χ0n) is 15.4. The first-order valence-electron chi connectivity index (χ1n) is 9.14. The molecule has 1 aromatic heterocycles. The molecule has 28 heavy (non-hydrogen) atoms. The molecule has 1 saturated heterocycles. The number of carbonyl (C=O) groups excluding carboxylic acids is 2. The van der Waals surface area contributed by atoms with Crippen LogP contribution in [0.25, 0.3) is 17.0 Å². The Morgan fingerprint density at radius 1 is 1.11 bits per heavy atom. The summed E-state index contributed by atoms with van der Waals surface area (Å²) in [7, 11) is 0. The maximum Gasteiger partial charge on any atom is 0.293 e. The van der Waals surface area contributed by atoms with E-state index in [1.54, 1.807) is 0 Å². The summed E-state index contributed by atoms with van der Waals surface area (Å²) in [5.74, 6) is -0.234. The van der Waals surface area contributed by atoms with Gasteiger partial charge in [-0.15, -0.1) is 0 Å². The van der Waals surface area contributed by atoms with E-state index in [2.05, 4.69) is 45.8 Å². The number of fused-ring (bicyclic) bond motifs is 1. The molecule has 2 heterocycles. The van der Waals surface area contributed by atoms with Gasteiger partial charge in [-0.05, 0) is 48.0 Å². The molecule has 0 saturated carbocycles. The molecule has 4 nitrogen and oxygen atoms in total. The molecule has 142 valence electrons. The third kappa shape index (κ3) is 3.66. The summed E-state index contributed by atoms with van der Waals surface area (Å²) in [6.45, 7) is 3.33. The number of rotatable bonds is 5. The number of halogens is 1. The fraction of sp³-hybridized carbons (Fsp3) is 0.182. The summed E-state index contributed by atoms with van der Waals surface area (Å²) in [5, 5.41) is 0.864. The lowest BCUT2D eigenvalue weighted by molar-refractivity contribution is -0.123. The van der Waals surface area contributed by atoms with Crippen molar-refractivity contribution >= 4 is 55.8 Å². The predicted octanol–water partition coefficient (Wildman–Crippen LogP) is 6.05. The largest absolute Gasteiger partial charge is 0.347 e. The molecule has 1 fully saturated rings. The SMILES string of the molecule is CCCn1cc(/C=C2\SC(=O)N(Cc3cccc(Br)c3)C2=O)c2ccccc21. The van der Waals surface area contributed by atoms with E-state index in [4.69, 9.17) is 0 Å². The summed E-state index contributed by atoms with van der Waals surface area (Å²) < 4.78 is 3.13. The van der Waals surface area contributed by atoms with E-state index in [0.29, 0.717) is 4.91 Å². The molecule has 0 radical (unpaired) electrons. The number of thioether (sulfide) groups is 1. The highest BCUT2D eigenvalue weighted by Gasteiger charge is 2.35. The van der Waals surface area contributed by atoms with Crippen molar-refractivity contribution in [2.75, 3.05) is 0 Å². The number of amides is 2. The number of imide groups is 1. The molecular weight excluding hydrogens is 436 g/mol. The normalized spacial score (nSPS) is 15.9. The third-order valence-electron chi connectivity index (χ3n) is 4.67. The van der Waals surface area contributed by atoms with E-state index in [-0.39, 0.29) is 17.7 Å². The average Bonchev–Trinajstić information content (AvgIpc) is 3.15. The Morgan fingerprint density at radius 2 is 1.93 bits per heavy atom. The van der Waals surface area contributed by atoms with E-state index < -0.39 is 0 Å². The fourth-order valence-corrected chi connectivity index (χ4v) is 4.69. The minimum atomic E-state index is -0.234. The Morgan fingerprint density at radius 3 is 2.71 bits per heavy atom. The monoisotopic (exact) mass is 454 g/mol. The lowest BCUT2D eigenvalue weighted by atomic mass is 10.1. The van der Waals surface area contributed by atoms with Gasteiger partial charge in [0.15, 0.2) is 0 Å². The molecule has 0 unspecified atom stereocenters. The van der Waals surface area contributed by atoms with Crippen molar-refractivity contribution < 1.29 is 9.59 Å². The number of hydrogen-bond acceptors (Lipinski definition) is 3. The Bertz CT molecular complexity index is 1100. The highest BCUT2D eigenvalue weighted by Crippen LogP contribution is 2.35. The number of nitrogens with zero attached hydrogens (tertiary/aromatic N) is 2. The lowest BCUT2D eigenvalue weighted by Crippen LogP contribution is -2.27. The van der Waals surface area contributed by atoms with Gasteiger partial charge in [0, 0.05) is 33.7 Å². The number of aromatic nitrogens is 1. The Kier molecular flexibility index (Phi) is 5.42. The molecule has 0 spiro atoms. The number of hydrogen-bond donors (Lipinski definition) is 0. The van der Waals surface area contributed by atoms with E-state index in [9.17, 15) is 9.59 Å². The number of para-hydroxylation sites is 1. The molecule has 2 amide bonds. The smallest absolute Gasteiger partial charge is 0.293 e. The van der Waals surface area contributed by atoms with Crippen LogP contribution >= 0.6 is 27.7 Å². The summed E-state index contributed by atoms with van der Waals surface area (Å²) in [5.41, 5.74) is 3.03. The fourth-order valence-electron chi connectivity index (χ4n) is 3.41. The van der Waals surface area contributed by atoms with Crippen LogP contribution in [0.3, 0.4) is 0 Å². The lowest BCUT2D eigenvalue weighted by Gasteiger charge is -2.12. The van der Waals surface area contributed by atoms with Crippen LogP contribution < -0.4 is 0 Å². The van der Waals surface area contributed by atoms with Gasteiger partial charge in [0.25, 0.3) is 11.1 Å². The van der Waals surface area contributed by atoms with Crippen LogP contribution in [0, 0.1) is 0 Å². The van der Waals surface area contributed by atoms with Crippen LogP contribution in [-0.2, 0) is 17.9 Å². The summed E-state index contributed by atoms with van der Waals surface area (Å²) >= 11 is 4.44. The molecule has 0 atom stereocenters. The zero-order valence-corrected chi connectivity index (χ0v) is 17.8. The molecular formula is C22H19BrN2O2S. The van der Waals surface area contributed by atoms with Crippen LogP contribution in [0.5, 0.6) is 0 Å². The van der Waals surface area contributed by atoms with Gasteiger partial charge in [-0.3, -0.25) is 14.5 Å². The highest BCUT2D eigenvalue weighted by atomic mass is 79.9. The summed E-state index contributed by atoms with van der Waals surface area (Å²) in [4.78, 5) is 27.1. The molecule has 4 rings (SSSR count). The van der Waals surface area contributed by atoms with Gasteiger partial charge in [0.05, 0.1) is 11.4 Å². The van der Waals surface area contributed by atoms with Gasteiger partial charge < -0.3 is 4.57 Å². The van der Waals surface area contributed by atoms with Crippen molar-refractivity contribution in [1.29, 1.82) is 0 Å². The van der Waals surface area contributed by atoms with Crippen LogP contribution in [-0.4, -0.2) is 20.6 Å². The molecule has 6 heteroatoms. The standard InChI is InChI=1S/C22H19BrN2O2S/c1-2-10-24-14-16(18-8-3-4-9-19(18)24)12-20-21(26)25(22(27)28-20)13-15-6-5-7-17(23)11-15/h3-9,11-12,14H,2,10,13H2,1H3/b20-12-. The van der Waals surface area contributed by atoms with Gasteiger partial charge >= 0.3 is 0 Å². The Hall–Kier alpha value is -2.31. The number of carbonyl (C=O) groups is 2. The van der Waals surface area contributed by atoms with Crippen molar-refractivity contribution in [2.45, 2.75) is 26.4 Å². The molecule has 1 aliphatic heterocycles. The number of benzene rings is 2. The molecule has 0 bridgehead atoms. The zero-order chi connectivity index (χ0) is 19.7. The number of aryl methyl sites for hydroxylation is 1. The van der Waals surface area contributed by atoms with Gasteiger partial charge in [0.2, 0.25) is 0 Å². The van der Waals surface area contributed by atoms with Crippen molar-refractivity contribution in [3.63, 3.8) is 0 Å². The Balaban J connectivity index is 1.65. The topological polar surface area (TPSA) is 42.3 Å². The van der Waals surface area contributed by atoms with E-state index in [1.165, 1.54) is 4.90 Å². The van der Waals surface area contributed by atoms with Crippen LogP contribution in [0.2, 0.25) is 0 Å². The molecule has 3 aromatic rings. The van der Waals surface area contributed by atoms with Crippen LogP contribution in [0.15, 0.2) is 64.1 Å². The van der Waals surface area contributed by atoms with E-state index in [0.717, 1.165) is 51.2 Å². The quantitative estimate of drug-likeness (QED) is 0.440. The van der Waals surface area contributed by atoms with Gasteiger partial charge in [-0.2, -0.15) is 0 Å². The predicted molar refractivity (Wildman–Crippen MR) is 118 cm³/mol. The van der Waals surface area contributed by atoms with Gasteiger partial charge in [0.1, 0.15) is 0 Å². The first kappa shape index (κ1) is 19.0. The molecule has 1 aliphatic rings. The minimum Gasteiger partial charge on any atom is -0.347 e. The maximum absolute atomic E-state index is 12.9.